The predicted molar refractivity (Wildman–Crippen MR) is 225 cm³/mol. The highest BCUT2D eigenvalue weighted by molar-refractivity contribution is 6.13. The molecule has 0 aliphatic heterocycles. The summed E-state index contributed by atoms with van der Waals surface area (Å²) in [6.45, 7) is 0. The van der Waals surface area contributed by atoms with Crippen molar-refractivity contribution >= 4 is 32.3 Å². The van der Waals surface area contributed by atoms with Gasteiger partial charge in [0.05, 0.1) is 0 Å². The highest BCUT2D eigenvalue weighted by Gasteiger charge is 2.14. The van der Waals surface area contributed by atoms with Crippen molar-refractivity contribution in [2.45, 2.75) is 0 Å². The van der Waals surface area contributed by atoms with Crippen LogP contribution >= 0.6 is 0 Å². The van der Waals surface area contributed by atoms with Crippen molar-refractivity contribution in [1.82, 2.24) is 15.0 Å². The second kappa shape index (κ2) is 13.4. The molecule has 0 aliphatic rings. The summed E-state index contributed by atoms with van der Waals surface area (Å²) in [6.07, 6.45) is 0. The third-order valence-electron chi connectivity index (χ3n) is 10.3. The number of aromatic nitrogens is 3. The van der Waals surface area contributed by atoms with Crippen LogP contribution in [0.2, 0.25) is 0 Å². The van der Waals surface area contributed by atoms with Crippen LogP contribution in [0.25, 0.3) is 99.9 Å². The Balaban J connectivity index is 1.03. The first-order valence-electron chi connectivity index (χ1n) is 18.3. The molecule has 3 heteroatoms. The van der Waals surface area contributed by atoms with Crippen LogP contribution < -0.4 is 0 Å². The van der Waals surface area contributed by atoms with Crippen LogP contribution in [0.5, 0.6) is 0 Å². The van der Waals surface area contributed by atoms with Gasteiger partial charge in [-0.25, -0.2) is 15.0 Å². The third-order valence-corrected chi connectivity index (χ3v) is 10.3. The summed E-state index contributed by atoms with van der Waals surface area (Å²) in [5.74, 6) is 1.95. The summed E-state index contributed by atoms with van der Waals surface area (Å²) in [7, 11) is 0. The van der Waals surface area contributed by atoms with Crippen LogP contribution in [0, 0.1) is 0 Å². The van der Waals surface area contributed by atoms with Crippen molar-refractivity contribution in [3.05, 3.63) is 200 Å². The molecule has 0 unspecified atom stereocenters. The molecule has 0 N–H and O–H groups in total. The lowest BCUT2D eigenvalue weighted by Crippen LogP contribution is -2.00. The molecule has 3 nitrogen and oxygen atoms in total. The zero-order valence-corrected chi connectivity index (χ0v) is 29.4. The van der Waals surface area contributed by atoms with Gasteiger partial charge in [0.15, 0.2) is 17.5 Å². The molecule has 0 fully saturated rings. The zero-order chi connectivity index (χ0) is 35.8. The van der Waals surface area contributed by atoms with Gasteiger partial charge in [-0.05, 0) is 83.9 Å². The van der Waals surface area contributed by atoms with Gasteiger partial charge in [0.2, 0.25) is 0 Å². The molecule has 252 valence electrons. The largest absolute Gasteiger partial charge is 0.208 e. The molecule has 0 saturated carbocycles. The number of hydrogen-bond donors (Lipinski definition) is 0. The minimum absolute atomic E-state index is 0.643. The normalized spacial score (nSPS) is 11.3. The first-order valence-corrected chi connectivity index (χ1v) is 18.3. The smallest absolute Gasteiger partial charge is 0.164 e. The van der Waals surface area contributed by atoms with Gasteiger partial charge in [0.25, 0.3) is 0 Å². The number of nitrogens with zero attached hydrogens (tertiary/aromatic N) is 3. The summed E-state index contributed by atoms with van der Waals surface area (Å²) in [6, 6.07) is 70.8. The topological polar surface area (TPSA) is 38.7 Å². The Morgan fingerprint density at radius 1 is 0.222 bits per heavy atom. The highest BCUT2D eigenvalue weighted by Crippen LogP contribution is 2.38. The Bertz CT molecular complexity index is 2910. The van der Waals surface area contributed by atoms with E-state index in [9.17, 15) is 0 Å². The van der Waals surface area contributed by atoms with Crippen molar-refractivity contribution in [3.8, 4) is 67.5 Å². The zero-order valence-electron chi connectivity index (χ0n) is 29.4. The van der Waals surface area contributed by atoms with Gasteiger partial charge in [0.1, 0.15) is 0 Å². The van der Waals surface area contributed by atoms with Crippen LogP contribution in [0.3, 0.4) is 0 Å². The van der Waals surface area contributed by atoms with Crippen LogP contribution in [0.1, 0.15) is 0 Å². The molecular formula is C51H33N3. The van der Waals surface area contributed by atoms with Gasteiger partial charge in [-0.1, -0.05) is 182 Å². The summed E-state index contributed by atoms with van der Waals surface area (Å²) in [5, 5.41) is 7.48. The average molecular weight is 688 g/mol. The Hall–Kier alpha value is -7.23. The third kappa shape index (κ3) is 5.78. The van der Waals surface area contributed by atoms with Crippen molar-refractivity contribution in [3.63, 3.8) is 0 Å². The van der Waals surface area contributed by atoms with E-state index in [1.54, 1.807) is 0 Å². The van der Waals surface area contributed by atoms with E-state index in [1.807, 2.05) is 60.7 Å². The lowest BCUT2D eigenvalue weighted by atomic mass is 9.91. The molecule has 9 aromatic carbocycles. The first kappa shape index (κ1) is 31.5. The summed E-state index contributed by atoms with van der Waals surface area (Å²) < 4.78 is 0. The maximum Gasteiger partial charge on any atom is 0.164 e. The van der Waals surface area contributed by atoms with Gasteiger partial charge < -0.3 is 0 Å². The Labute approximate surface area is 313 Å². The van der Waals surface area contributed by atoms with E-state index in [0.717, 1.165) is 27.8 Å². The Morgan fingerprint density at radius 2 is 0.741 bits per heavy atom. The lowest BCUT2D eigenvalue weighted by Gasteiger charge is -2.13. The van der Waals surface area contributed by atoms with Gasteiger partial charge in [-0.15, -0.1) is 0 Å². The monoisotopic (exact) mass is 687 g/mol. The molecule has 54 heavy (non-hydrogen) atoms. The molecule has 10 aromatic rings. The van der Waals surface area contributed by atoms with Crippen LogP contribution in [-0.2, 0) is 0 Å². The summed E-state index contributed by atoms with van der Waals surface area (Å²) in [5.41, 5.74) is 9.94. The quantitative estimate of drug-likeness (QED) is 0.163. The standard InChI is InChI=1S/C51H33N3/c1-3-13-37(14-4-1)49-52-50(38-15-5-2-6-16-38)54-51(53-49)42-20-11-19-40(31-42)44-24-12-18-35-29-30-39(32-47(35)44)34-25-27-36(28-26-34)48-33-41-17-7-8-21-43(41)45-22-9-10-23-46(45)48/h1-33H. The molecule has 0 amide bonds. The molecule has 10 rings (SSSR count). The highest BCUT2D eigenvalue weighted by atomic mass is 15.0. The minimum Gasteiger partial charge on any atom is -0.208 e. The van der Waals surface area contributed by atoms with E-state index in [4.69, 9.17) is 15.0 Å². The number of fused-ring (bicyclic) bond motifs is 4. The van der Waals surface area contributed by atoms with E-state index in [1.165, 1.54) is 54.6 Å². The van der Waals surface area contributed by atoms with Crippen LogP contribution in [-0.4, -0.2) is 15.0 Å². The molecule has 0 radical (unpaired) electrons. The lowest BCUT2D eigenvalue weighted by molar-refractivity contribution is 1.07. The van der Waals surface area contributed by atoms with Crippen molar-refractivity contribution in [1.29, 1.82) is 0 Å². The number of hydrogen-bond acceptors (Lipinski definition) is 3. The van der Waals surface area contributed by atoms with E-state index >= 15 is 0 Å². The van der Waals surface area contributed by atoms with Crippen LogP contribution in [0.15, 0.2) is 200 Å². The molecule has 1 aromatic heterocycles. The predicted octanol–water partition coefficient (Wildman–Crippen LogP) is 13.3. The summed E-state index contributed by atoms with van der Waals surface area (Å²) >= 11 is 0. The summed E-state index contributed by atoms with van der Waals surface area (Å²) in [4.78, 5) is 14.9. The van der Waals surface area contributed by atoms with Crippen molar-refractivity contribution in [2.24, 2.45) is 0 Å². The Morgan fingerprint density at radius 3 is 1.46 bits per heavy atom. The maximum absolute atomic E-state index is 4.99. The minimum atomic E-state index is 0.643. The van der Waals surface area contributed by atoms with Crippen molar-refractivity contribution in [2.75, 3.05) is 0 Å². The van der Waals surface area contributed by atoms with E-state index in [-0.39, 0.29) is 0 Å². The number of rotatable bonds is 6. The van der Waals surface area contributed by atoms with Crippen molar-refractivity contribution < 1.29 is 0 Å². The van der Waals surface area contributed by atoms with Gasteiger partial charge in [-0.2, -0.15) is 0 Å². The van der Waals surface area contributed by atoms with Gasteiger partial charge in [0, 0.05) is 16.7 Å². The molecule has 0 atom stereocenters. The average Bonchev–Trinajstić information content (AvgIpc) is 3.26. The molecule has 0 spiro atoms. The second-order valence-corrected chi connectivity index (χ2v) is 13.6. The van der Waals surface area contributed by atoms with Gasteiger partial charge >= 0.3 is 0 Å². The SMILES string of the molecule is c1ccc(-c2nc(-c3ccccc3)nc(-c3cccc(-c4cccc5ccc(-c6ccc(-c7cc8ccccc8c8ccccc78)cc6)cc45)c3)n2)cc1. The van der Waals surface area contributed by atoms with E-state index in [2.05, 4.69) is 140 Å². The fourth-order valence-electron chi connectivity index (χ4n) is 7.60. The first-order chi connectivity index (χ1) is 26.7. The fraction of sp³-hybridized carbons (Fsp3) is 0. The maximum atomic E-state index is 4.99. The number of benzene rings is 9. The molecular weight excluding hydrogens is 655 g/mol. The van der Waals surface area contributed by atoms with Gasteiger partial charge in [-0.3, -0.25) is 0 Å². The molecule has 0 bridgehead atoms. The Kier molecular flexibility index (Phi) is 7.81. The van der Waals surface area contributed by atoms with E-state index < -0.39 is 0 Å². The molecule has 0 aliphatic carbocycles. The second-order valence-electron chi connectivity index (χ2n) is 13.6. The van der Waals surface area contributed by atoms with E-state index in [0.29, 0.717) is 17.5 Å². The molecule has 1 heterocycles. The van der Waals surface area contributed by atoms with Crippen LogP contribution in [0.4, 0.5) is 0 Å². The fourth-order valence-corrected chi connectivity index (χ4v) is 7.60. The molecule has 0 saturated heterocycles.